The second kappa shape index (κ2) is 5.12. The minimum absolute atomic E-state index is 0.815. The van der Waals surface area contributed by atoms with Crippen molar-refractivity contribution in [2.24, 2.45) is 0 Å². The summed E-state index contributed by atoms with van der Waals surface area (Å²) in [6.45, 7) is 0. The second-order valence-electron chi connectivity index (χ2n) is 3.29. The quantitative estimate of drug-likeness (QED) is 0.807. The fourth-order valence-electron chi connectivity index (χ4n) is 1.39. The number of nitrogens with zero attached hydrogens (tertiary/aromatic N) is 3. The largest absolute Gasteiger partial charge is 0.497 e. The Labute approximate surface area is 102 Å². The molecule has 1 aromatic heterocycles. The Hall–Kier alpha value is -1.36. The molecule has 0 aliphatic carbocycles. The van der Waals surface area contributed by atoms with Crippen LogP contribution in [0.2, 0.25) is 0 Å². The smallest absolute Gasteiger partial charge is 0.121 e. The maximum Gasteiger partial charge on any atom is 0.121 e. The number of alkyl halides is 1. The van der Waals surface area contributed by atoms with Crippen LogP contribution in [0.4, 0.5) is 0 Å². The van der Waals surface area contributed by atoms with Crippen molar-refractivity contribution >= 4 is 15.9 Å². The molecule has 4 nitrogen and oxygen atoms in total. The third-order valence-corrected chi connectivity index (χ3v) is 2.61. The second-order valence-corrected chi connectivity index (χ2v) is 4.09. The summed E-state index contributed by atoms with van der Waals surface area (Å²) in [6.07, 6.45) is 2.81. The molecule has 0 N–H and O–H groups in total. The summed E-state index contributed by atoms with van der Waals surface area (Å²) in [7, 11) is 1.65. The van der Waals surface area contributed by atoms with Crippen LogP contribution in [0.1, 0.15) is 5.69 Å². The highest BCUT2D eigenvalue weighted by Crippen LogP contribution is 2.15. The van der Waals surface area contributed by atoms with E-state index >= 15 is 0 Å². The Morgan fingerprint density at radius 3 is 3.06 bits per heavy atom. The third-order valence-electron chi connectivity index (χ3n) is 2.21. The summed E-state index contributed by atoms with van der Waals surface area (Å²) in [5.74, 6) is 0.815. The van der Waals surface area contributed by atoms with Gasteiger partial charge in [-0.15, -0.1) is 5.10 Å². The lowest BCUT2D eigenvalue weighted by atomic mass is 10.3. The molecule has 84 valence electrons. The Balaban J connectivity index is 2.27. The highest BCUT2D eigenvalue weighted by molar-refractivity contribution is 9.09. The molecule has 16 heavy (non-hydrogen) atoms. The summed E-state index contributed by atoms with van der Waals surface area (Å²) in [4.78, 5) is 0. The average Bonchev–Trinajstić information content (AvgIpc) is 2.78. The molecule has 0 aliphatic heterocycles. The molecular formula is C11H12BrN3O. The number of rotatable bonds is 4. The van der Waals surface area contributed by atoms with E-state index in [-0.39, 0.29) is 0 Å². The number of hydrogen-bond donors (Lipinski definition) is 0. The summed E-state index contributed by atoms with van der Waals surface area (Å²) in [5.41, 5.74) is 1.92. The lowest BCUT2D eigenvalue weighted by Gasteiger charge is -2.02. The lowest BCUT2D eigenvalue weighted by molar-refractivity contribution is 0.414. The van der Waals surface area contributed by atoms with Gasteiger partial charge in [-0.2, -0.15) is 0 Å². The highest BCUT2D eigenvalue weighted by atomic mass is 79.9. The number of ether oxygens (including phenoxy) is 1. The van der Waals surface area contributed by atoms with Crippen molar-refractivity contribution in [3.05, 3.63) is 36.2 Å². The Morgan fingerprint density at radius 2 is 2.31 bits per heavy atom. The van der Waals surface area contributed by atoms with Crippen LogP contribution in [-0.2, 0) is 6.42 Å². The summed E-state index contributed by atoms with van der Waals surface area (Å²) >= 11 is 3.38. The molecule has 0 atom stereocenters. The maximum absolute atomic E-state index is 5.16. The van der Waals surface area contributed by atoms with Crippen molar-refractivity contribution in [1.82, 2.24) is 15.0 Å². The van der Waals surface area contributed by atoms with Crippen molar-refractivity contribution in [1.29, 1.82) is 0 Å². The molecule has 0 saturated heterocycles. The number of methoxy groups -OCH3 is 1. The first-order chi connectivity index (χ1) is 7.83. The Morgan fingerprint density at radius 1 is 1.44 bits per heavy atom. The van der Waals surface area contributed by atoms with Crippen molar-refractivity contribution < 1.29 is 4.74 Å². The molecule has 0 aliphatic rings. The van der Waals surface area contributed by atoms with Gasteiger partial charge in [-0.25, -0.2) is 4.68 Å². The molecule has 0 amide bonds. The van der Waals surface area contributed by atoms with Crippen LogP contribution >= 0.6 is 15.9 Å². The standard InChI is InChI=1S/C11H12BrN3O/c1-16-11-4-2-3-10(7-11)15-8-9(5-6-12)13-14-15/h2-4,7-8H,5-6H2,1H3. The van der Waals surface area contributed by atoms with E-state index in [0.29, 0.717) is 0 Å². The topological polar surface area (TPSA) is 39.9 Å². The van der Waals surface area contributed by atoms with Crippen LogP contribution in [0.3, 0.4) is 0 Å². The van der Waals surface area contributed by atoms with Crippen LogP contribution in [0, 0.1) is 0 Å². The first-order valence-electron chi connectivity index (χ1n) is 4.95. The van der Waals surface area contributed by atoms with E-state index in [9.17, 15) is 0 Å². The molecule has 0 radical (unpaired) electrons. The van der Waals surface area contributed by atoms with Crippen LogP contribution in [0.15, 0.2) is 30.5 Å². The van der Waals surface area contributed by atoms with Crippen LogP contribution in [0.5, 0.6) is 5.75 Å². The third kappa shape index (κ3) is 2.41. The fraction of sp³-hybridized carbons (Fsp3) is 0.273. The number of halogens is 1. The van der Waals surface area contributed by atoms with Crippen molar-refractivity contribution in [2.75, 3.05) is 12.4 Å². The first-order valence-corrected chi connectivity index (χ1v) is 6.07. The molecule has 1 aromatic carbocycles. The summed E-state index contributed by atoms with van der Waals surface area (Å²) in [5, 5.41) is 9.04. The predicted molar refractivity (Wildman–Crippen MR) is 65.4 cm³/mol. The number of hydrogen-bond acceptors (Lipinski definition) is 3. The van der Waals surface area contributed by atoms with E-state index in [2.05, 4.69) is 26.2 Å². The summed E-state index contributed by atoms with van der Waals surface area (Å²) < 4.78 is 6.91. The Bertz CT molecular complexity index is 470. The summed E-state index contributed by atoms with van der Waals surface area (Å²) in [6, 6.07) is 7.72. The first kappa shape index (κ1) is 11.1. The molecule has 1 heterocycles. The zero-order valence-electron chi connectivity index (χ0n) is 8.93. The van der Waals surface area contributed by atoms with Gasteiger partial charge in [-0.05, 0) is 12.1 Å². The molecule has 2 rings (SSSR count). The highest BCUT2D eigenvalue weighted by Gasteiger charge is 2.02. The molecule has 0 unspecified atom stereocenters. The molecule has 0 bridgehead atoms. The van der Waals surface area contributed by atoms with Crippen LogP contribution < -0.4 is 4.74 Å². The SMILES string of the molecule is COc1cccc(-n2cc(CCBr)nn2)c1. The van der Waals surface area contributed by atoms with Crippen LogP contribution in [-0.4, -0.2) is 27.4 Å². The van der Waals surface area contributed by atoms with Crippen molar-refractivity contribution in [3.8, 4) is 11.4 Å². The predicted octanol–water partition coefficient (Wildman–Crippen LogP) is 2.21. The van der Waals surface area contributed by atoms with E-state index in [0.717, 1.165) is 28.9 Å². The zero-order chi connectivity index (χ0) is 11.4. The van der Waals surface area contributed by atoms with Gasteiger partial charge in [0.2, 0.25) is 0 Å². The van der Waals surface area contributed by atoms with Crippen molar-refractivity contribution in [2.45, 2.75) is 6.42 Å². The molecule has 5 heteroatoms. The van der Waals surface area contributed by atoms with Gasteiger partial charge in [0.05, 0.1) is 24.7 Å². The number of aromatic nitrogens is 3. The molecule has 2 aromatic rings. The van der Waals surface area contributed by atoms with Gasteiger partial charge in [0, 0.05) is 17.8 Å². The zero-order valence-corrected chi connectivity index (χ0v) is 10.5. The molecular weight excluding hydrogens is 270 g/mol. The lowest BCUT2D eigenvalue weighted by Crippen LogP contribution is -1.95. The fourth-order valence-corrected chi connectivity index (χ4v) is 1.80. The van der Waals surface area contributed by atoms with Gasteiger partial charge in [0.25, 0.3) is 0 Å². The van der Waals surface area contributed by atoms with Gasteiger partial charge in [0.1, 0.15) is 5.75 Å². The normalized spacial score (nSPS) is 10.4. The Kier molecular flexibility index (Phi) is 3.56. The van der Waals surface area contributed by atoms with E-state index in [4.69, 9.17) is 4.74 Å². The van der Waals surface area contributed by atoms with Gasteiger partial charge in [0.15, 0.2) is 0 Å². The molecule has 0 saturated carbocycles. The van der Waals surface area contributed by atoms with E-state index < -0.39 is 0 Å². The van der Waals surface area contributed by atoms with E-state index in [1.54, 1.807) is 11.8 Å². The van der Waals surface area contributed by atoms with E-state index in [1.165, 1.54) is 0 Å². The van der Waals surface area contributed by atoms with E-state index in [1.807, 2.05) is 30.5 Å². The van der Waals surface area contributed by atoms with Gasteiger partial charge >= 0.3 is 0 Å². The maximum atomic E-state index is 5.16. The van der Waals surface area contributed by atoms with Gasteiger partial charge in [-0.3, -0.25) is 0 Å². The molecule has 0 spiro atoms. The minimum Gasteiger partial charge on any atom is -0.497 e. The van der Waals surface area contributed by atoms with Crippen molar-refractivity contribution in [3.63, 3.8) is 0 Å². The average molecular weight is 282 g/mol. The number of benzene rings is 1. The van der Waals surface area contributed by atoms with Gasteiger partial charge < -0.3 is 4.74 Å². The molecule has 0 fully saturated rings. The monoisotopic (exact) mass is 281 g/mol. The minimum atomic E-state index is 0.815. The van der Waals surface area contributed by atoms with Crippen LogP contribution in [0.25, 0.3) is 5.69 Å². The number of aryl methyl sites for hydroxylation is 1. The van der Waals surface area contributed by atoms with Gasteiger partial charge in [-0.1, -0.05) is 27.2 Å².